The minimum absolute atomic E-state index is 0.175. The van der Waals surface area contributed by atoms with Gasteiger partial charge in [0.1, 0.15) is 6.26 Å². The highest BCUT2D eigenvalue weighted by atomic mass is 16.3. The maximum absolute atomic E-state index is 12.1. The Morgan fingerprint density at radius 1 is 1.12 bits per heavy atom. The lowest BCUT2D eigenvalue weighted by Gasteiger charge is -2.09. The Bertz CT molecular complexity index is 471. The van der Waals surface area contributed by atoms with Gasteiger partial charge >= 0.3 is 0 Å². The second-order valence-corrected chi connectivity index (χ2v) is 7.39. The topological polar surface area (TPSA) is 81.2 Å². The van der Waals surface area contributed by atoms with E-state index in [2.05, 4.69) is 31.1 Å². The van der Waals surface area contributed by atoms with Crippen molar-refractivity contribution in [2.45, 2.75) is 91.0 Å². The molecule has 5 heteroatoms. The minimum atomic E-state index is -0.251. The number of amides is 1. The lowest BCUT2D eigenvalue weighted by atomic mass is 10.0. The van der Waals surface area contributed by atoms with E-state index in [4.69, 9.17) is 10.2 Å². The van der Waals surface area contributed by atoms with Gasteiger partial charge in [-0.15, -0.1) is 0 Å². The SMILES string of the molecule is CCCCCCCCCCCNC(=O)c1coc(C(N)CC(C)C)n1. The molecule has 25 heavy (non-hydrogen) atoms. The molecule has 0 aromatic carbocycles. The fourth-order valence-electron chi connectivity index (χ4n) is 2.90. The lowest BCUT2D eigenvalue weighted by molar-refractivity contribution is 0.0948. The van der Waals surface area contributed by atoms with Crippen LogP contribution in [-0.2, 0) is 0 Å². The van der Waals surface area contributed by atoms with Crippen LogP contribution in [0.5, 0.6) is 0 Å². The first-order chi connectivity index (χ1) is 12.0. The number of aromatic nitrogens is 1. The molecule has 0 spiro atoms. The van der Waals surface area contributed by atoms with Gasteiger partial charge in [0.15, 0.2) is 5.69 Å². The molecule has 1 amide bonds. The van der Waals surface area contributed by atoms with Crippen molar-refractivity contribution in [1.29, 1.82) is 0 Å². The highest BCUT2D eigenvalue weighted by Gasteiger charge is 2.17. The number of carbonyl (C=O) groups is 1. The molecule has 0 aliphatic carbocycles. The van der Waals surface area contributed by atoms with Crippen molar-refractivity contribution in [3.05, 3.63) is 17.8 Å². The summed E-state index contributed by atoms with van der Waals surface area (Å²) in [6.07, 6.45) is 13.7. The van der Waals surface area contributed by atoms with Crippen LogP contribution in [0, 0.1) is 5.92 Å². The normalized spacial score (nSPS) is 12.5. The predicted octanol–water partition coefficient (Wildman–Crippen LogP) is 4.98. The first-order valence-electron chi connectivity index (χ1n) is 10.0. The zero-order chi connectivity index (χ0) is 18.5. The maximum atomic E-state index is 12.1. The Kier molecular flexibility index (Phi) is 11.2. The zero-order valence-electron chi connectivity index (χ0n) is 16.4. The number of nitrogens with zero attached hydrogens (tertiary/aromatic N) is 1. The Balaban J connectivity index is 2.11. The van der Waals surface area contributed by atoms with Crippen LogP contribution in [0.3, 0.4) is 0 Å². The van der Waals surface area contributed by atoms with Crippen molar-refractivity contribution in [1.82, 2.24) is 10.3 Å². The fourth-order valence-corrected chi connectivity index (χ4v) is 2.90. The van der Waals surface area contributed by atoms with E-state index in [0.29, 0.717) is 24.0 Å². The molecule has 1 atom stereocenters. The third-order valence-corrected chi connectivity index (χ3v) is 4.36. The molecule has 1 unspecified atom stereocenters. The maximum Gasteiger partial charge on any atom is 0.273 e. The van der Waals surface area contributed by atoms with Crippen molar-refractivity contribution < 1.29 is 9.21 Å². The van der Waals surface area contributed by atoms with E-state index in [9.17, 15) is 4.79 Å². The number of oxazole rings is 1. The number of hydrogen-bond donors (Lipinski definition) is 2. The van der Waals surface area contributed by atoms with E-state index in [1.165, 1.54) is 51.2 Å². The van der Waals surface area contributed by atoms with Gasteiger partial charge in [-0.25, -0.2) is 4.98 Å². The summed E-state index contributed by atoms with van der Waals surface area (Å²) in [6, 6.07) is -0.251. The van der Waals surface area contributed by atoms with E-state index in [-0.39, 0.29) is 11.9 Å². The second-order valence-electron chi connectivity index (χ2n) is 7.39. The average Bonchev–Trinajstić information content (AvgIpc) is 3.06. The van der Waals surface area contributed by atoms with Crippen LogP contribution in [0.1, 0.15) is 107 Å². The summed E-state index contributed by atoms with van der Waals surface area (Å²) in [6.45, 7) is 7.13. The molecule has 0 saturated carbocycles. The molecule has 3 N–H and O–H groups in total. The van der Waals surface area contributed by atoms with Gasteiger partial charge in [0.05, 0.1) is 6.04 Å². The van der Waals surface area contributed by atoms with Gasteiger partial charge < -0.3 is 15.5 Å². The number of carbonyl (C=O) groups excluding carboxylic acids is 1. The zero-order valence-corrected chi connectivity index (χ0v) is 16.4. The van der Waals surface area contributed by atoms with Crippen LogP contribution in [0.4, 0.5) is 0 Å². The first-order valence-corrected chi connectivity index (χ1v) is 10.0. The van der Waals surface area contributed by atoms with Crippen molar-refractivity contribution in [2.75, 3.05) is 6.54 Å². The van der Waals surface area contributed by atoms with Crippen LogP contribution in [-0.4, -0.2) is 17.4 Å². The van der Waals surface area contributed by atoms with E-state index >= 15 is 0 Å². The molecule has 1 rings (SSSR count). The summed E-state index contributed by atoms with van der Waals surface area (Å²) in [5.41, 5.74) is 6.35. The van der Waals surface area contributed by atoms with E-state index in [0.717, 1.165) is 19.3 Å². The van der Waals surface area contributed by atoms with E-state index in [1.807, 2.05) is 0 Å². The van der Waals surface area contributed by atoms with Crippen molar-refractivity contribution >= 4 is 5.91 Å². The Morgan fingerprint density at radius 2 is 1.72 bits per heavy atom. The lowest BCUT2D eigenvalue weighted by Crippen LogP contribution is -2.25. The van der Waals surface area contributed by atoms with Crippen LogP contribution in [0.15, 0.2) is 10.7 Å². The van der Waals surface area contributed by atoms with Crippen molar-refractivity contribution in [2.24, 2.45) is 11.7 Å². The van der Waals surface area contributed by atoms with Crippen molar-refractivity contribution in [3.8, 4) is 0 Å². The minimum Gasteiger partial charge on any atom is -0.446 e. The van der Waals surface area contributed by atoms with Gasteiger partial charge in [-0.05, 0) is 18.8 Å². The molecule has 0 saturated heterocycles. The van der Waals surface area contributed by atoms with Crippen LogP contribution in [0.25, 0.3) is 0 Å². The molecule has 0 aliphatic heterocycles. The predicted molar refractivity (Wildman–Crippen MR) is 102 cm³/mol. The molecule has 1 heterocycles. The number of hydrogen-bond acceptors (Lipinski definition) is 4. The van der Waals surface area contributed by atoms with Gasteiger partial charge in [-0.3, -0.25) is 4.79 Å². The number of rotatable bonds is 14. The van der Waals surface area contributed by atoms with Gasteiger partial charge in [0.25, 0.3) is 5.91 Å². The number of nitrogens with one attached hydrogen (secondary N) is 1. The van der Waals surface area contributed by atoms with Gasteiger partial charge in [0, 0.05) is 6.54 Å². The summed E-state index contributed by atoms with van der Waals surface area (Å²) < 4.78 is 5.35. The molecular formula is C20H37N3O2. The van der Waals surface area contributed by atoms with Gasteiger partial charge in [0.2, 0.25) is 5.89 Å². The highest BCUT2D eigenvalue weighted by molar-refractivity contribution is 5.91. The summed E-state index contributed by atoms with van der Waals surface area (Å²) >= 11 is 0. The Hall–Kier alpha value is -1.36. The Labute approximate surface area is 153 Å². The standard InChI is InChI=1S/C20H37N3O2/c1-4-5-6-7-8-9-10-11-12-13-22-19(24)18-15-25-20(23-18)17(21)14-16(2)3/h15-17H,4-14,21H2,1-3H3,(H,22,24). The molecule has 5 nitrogen and oxygen atoms in total. The molecule has 0 aliphatic rings. The molecule has 0 bridgehead atoms. The summed E-state index contributed by atoms with van der Waals surface area (Å²) in [5.74, 6) is 0.735. The third kappa shape index (κ3) is 9.63. The highest BCUT2D eigenvalue weighted by Crippen LogP contribution is 2.18. The molecule has 144 valence electrons. The summed E-state index contributed by atoms with van der Waals surface area (Å²) in [5, 5.41) is 2.91. The number of nitrogens with two attached hydrogens (primary N) is 1. The smallest absolute Gasteiger partial charge is 0.273 e. The van der Waals surface area contributed by atoms with Crippen LogP contribution in [0.2, 0.25) is 0 Å². The quantitative estimate of drug-likeness (QED) is 0.463. The van der Waals surface area contributed by atoms with E-state index in [1.54, 1.807) is 0 Å². The molecular weight excluding hydrogens is 314 g/mol. The van der Waals surface area contributed by atoms with Gasteiger partial charge in [-0.1, -0.05) is 72.1 Å². The second kappa shape index (κ2) is 12.9. The van der Waals surface area contributed by atoms with Crippen LogP contribution >= 0.6 is 0 Å². The van der Waals surface area contributed by atoms with Crippen molar-refractivity contribution in [3.63, 3.8) is 0 Å². The Morgan fingerprint density at radius 3 is 2.32 bits per heavy atom. The molecule has 1 aromatic rings. The molecule has 0 fully saturated rings. The first kappa shape index (κ1) is 21.7. The van der Waals surface area contributed by atoms with Crippen LogP contribution < -0.4 is 11.1 Å². The van der Waals surface area contributed by atoms with Gasteiger partial charge in [-0.2, -0.15) is 0 Å². The fraction of sp³-hybridized carbons (Fsp3) is 0.800. The molecule has 1 aromatic heterocycles. The summed E-state index contributed by atoms with van der Waals surface area (Å²) in [7, 11) is 0. The average molecular weight is 352 g/mol. The third-order valence-electron chi connectivity index (χ3n) is 4.36. The monoisotopic (exact) mass is 351 g/mol. The molecule has 0 radical (unpaired) electrons. The summed E-state index contributed by atoms with van der Waals surface area (Å²) in [4.78, 5) is 16.3. The van der Waals surface area contributed by atoms with E-state index < -0.39 is 0 Å². The largest absolute Gasteiger partial charge is 0.446 e. The number of unbranched alkanes of at least 4 members (excludes halogenated alkanes) is 8.